The van der Waals surface area contributed by atoms with Crippen molar-refractivity contribution in [3.8, 4) is 11.5 Å². The number of anilines is 1. The molecule has 0 radical (unpaired) electrons. The van der Waals surface area contributed by atoms with E-state index in [4.69, 9.17) is 4.74 Å². The molecule has 0 fully saturated rings. The second kappa shape index (κ2) is 4.93. The van der Waals surface area contributed by atoms with Gasteiger partial charge in [0.05, 0.1) is 0 Å². The molecule has 2 aromatic rings. The van der Waals surface area contributed by atoms with E-state index in [-0.39, 0.29) is 0 Å². The van der Waals surface area contributed by atoms with E-state index in [2.05, 4.69) is 10.3 Å². The number of nitrogens with one attached hydrogen (secondary N) is 1. The van der Waals surface area contributed by atoms with Crippen molar-refractivity contribution in [3.05, 3.63) is 48.7 Å². The van der Waals surface area contributed by atoms with Crippen molar-refractivity contribution >= 4 is 12.2 Å². The molecule has 0 saturated heterocycles. The van der Waals surface area contributed by atoms with Gasteiger partial charge in [0, 0.05) is 12.3 Å². The minimum Gasteiger partial charge on any atom is -0.457 e. The topological polar surface area (TPSA) is 51.2 Å². The zero-order chi connectivity index (χ0) is 11.2. The minimum absolute atomic E-state index is 0.462. The second-order valence-electron chi connectivity index (χ2n) is 3.05. The third-order valence-corrected chi connectivity index (χ3v) is 1.92. The Kier molecular flexibility index (Phi) is 3.13. The van der Waals surface area contributed by atoms with Crippen LogP contribution in [0.25, 0.3) is 0 Å². The molecule has 0 atom stereocenters. The first-order valence-corrected chi connectivity index (χ1v) is 4.77. The van der Waals surface area contributed by atoms with Crippen molar-refractivity contribution in [1.82, 2.24) is 4.98 Å². The predicted octanol–water partition coefficient (Wildman–Crippen LogP) is 2.44. The van der Waals surface area contributed by atoms with Crippen LogP contribution < -0.4 is 10.1 Å². The third kappa shape index (κ3) is 2.57. The van der Waals surface area contributed by atoms with Crippen LogP contribution in [0, 0.1) is 0 Å². The molecule has 16 heavy (non-hydrogen) atoms. The molecule has 0 bridgehead atoms. The van der Waals surface area contributed by atoms with Crippen molar-refractivity contribution in [2.24, 2.45) is 0 Å². The summed E-state index contributed by atoms with van der Waals surface area (Å²) in [6.07, 6.45) is 2.15. The smallest absolute Gasteiger partial charge is 0.212 e. The van der Waals surface area contributed by atoms with Crippen molar-refractivity contribution in [3.63, 3.8) is 0 Å². The summed E-state index contributed by atoms with van der Waals surface area (Å²) in [5.74, 6) is 1.83. The number of nitrogens with zero attached hydrogens (tertiary/aromatic N) is 1. The van der Waals surface area contributed by atoms with Gasteiger partial charge in [-0.15, -0.1) is 0 Å². The zero-order valence-corrected chi connectivity index (χ0v) is 8.46. The maximum absolute atomic E-state index is 10.3. The van der Waals surface area contributed by atoms with E-state index in [1.165, 1.54) is 0 Å². The molecule has 0 spiro atoms. The molecule has 4 nitrogen and oxygen atoms in total. The van der Waals surface area contributed by atoms with Gasteiger partial charge in [0.15, 0.2) is 0 Å². The Labute approximate surface area is 92.9 Å². The fourth-order valence-electron chi connectivity index (χ4n) is 1.24. The monoisotopic (exact) mass is 214 g/mol. The molecule has 1 aromatic heterocycles. The maximum Gasteiger partial charge on any atom is 0.212 e. The van der Waals surface area contributed by atoms with Gasteiger partial charge >= 0.3 is 0 Å². The molecule has 1 amide bonds. The number of carbonyl (C=O) groups excluding carboxylic acids is 1. The Bertz CT molecular complexity index is 471. The zero-order valence-electron chi connectivity index (χ0n) is 8.46. The van der Waals surface area contributed by atoms with E-state index in [0.29, 0.717) is 18.0 Å². The van der Waals surface area contributed by atoms with Crippen LogP contribution in [0.15, 0.2) is 48.7 Å². The highest BCUT2D eigenvalue weighted by molar-refractivity contribution is 5.69. The summed E-state index contributed by atoms with van der Waals surface area (Å²) in [4.78, 5) is 14.2. The summed E-state index contributed by atoms with van der Waals surface area (Å²) >= 11 is 0. The van der Waals surface area contributed by atoms with Crippen molar-refractivity contribution in [2.75, 3.05) is 5.32 Å². The Morgan fingerprint density at radius 1 is 1.12 bits per heavy atom. The van der Waals surface area contributed by atoms with Crippen molar-refractivity contribution in [1.29, 1.82) is 0 Å². The van der Waals surface area contributed by atoms with Gasteiger partial charge in [-0.25, -0.2) is 4.98 Å². The Balaban J connectivity index is 2.15. The van der Waals surface area contributed by atoms with Gasteiger partial charge in [0.1, 0.15) is 17.3 Å². The van der Waals surface area contributed by atoms with Crippen molar-refractivity contribution < 1.29 is 9.53 Å². The SMILES string of the molecule is O=CNc1cc(Oc2ccccc2)ccn1. The fourth-order valence-corrected chi connectivity index (χ4v) is 1.24. The summed E-state index contributed by atoms with van der Waals surface area (Å²) in [5.41, 5.74) is 0. The third-order valence-electron chi connectivity index (χ3n) is 1.92. The van der Waals surface area contributed by atoms with Crippen LogP contribution in [-0.2, 0) is 4.79 Å². The van der Waals surface area contributed by atoms with Crippen molar-refractivity contribution in [2.45, 2.75) is 0 Å². The summed E-state index contributed by atoms with van der Waals surface area (Å²) < 4.78 is 5.57. The normalized spacial score (nSPS) is 9.50. The number of pyridine rings is 1. The predicted molar refractivity (Wildman–Crippen MR) is 60.4 cm³/mol. The first kappa shape index (κ1) is 10.2. The van der Waals surface area contributed by atoms with Gasteiger partial charge in [-0.1, -0.05) is 18.2 Å². The Hall–Kier alpha value is -2.36. The van der Waals surface area contributed by atoms with E-state index < -0.39 is 0 Å². The summed E-state index contributed by atoms with van der Waals surface area (Å²) in [6.45, 7) is 0. The molecule has 0 aliphatic heterocycles. The number of hydrogen-bond donors (Lipinski definition) is 1. The number of carbonyl (C=O) groups is 1. The van der Waals surface area contributed by atoms with Crippen LogP contribution in [0.2, 0.25) is 0 Å². The fraction of sp³-hybridized carbons (Fsp3) is 0. The lowest BCUT2D eigenvalue weighted by Crippen LogP contribution is -1.96. The molecular formula is C12H10N2O2. The van der Waals surface area contributed by atoms with E-state index in [1.807, 2.05) is 30.3 Å². The van der Waals surface area contributed by atoms with E-state index in [1.54, 1.807) is 18.3 Å². The van der Waals surface area contributed by atoms with Gasteiger partial charge in [-0.2, -0.15) is 0 Å². The van der Waals surface area contributed by atoms with E-state index in [0.717, 1.165) is 5.75 Å². The molecule has 80 valence electrons. The Morgan fingerprint density at radius 2 is 1.94 bits per heavy atom. The maximum atomic E-state index is 10.3. The lowest BCUT2D eigenvalue weighted by atomic mass is 10.3. The van der Waals surface area contributed by atoms with Crippen LogP contribution in [-0.4, -0.2) is 11.4 Å². The second-order valence-corrected chi connectivity index (χ2v) is 3.05. The number of ether oxygens (including phenoxy) is 1. The van der Waals surface area contributed by atoms with Gasteiger partial charge in [-0.05, 0) is 18.2 Å². The molecule has 1 N–H and O–H groups in total. The van der Waals surface area contributed by atoms with Gasteiger partial charge < -0.3 is 10.1 Å². The van der Waals surface area contributed by atoms with Crippen LogP contribution in [0.1, 0.15) is 0 Å². The Morgan fingerprint density at radius 3 is 2.69 bits per heavy atom. The first-order chi connectivity index (χ1) is 7.88. The molecule has 1 aromatic carbocycles. The molecule has 4 heteroatoms. The quantitative estimate of drug-likeness (QED) is 0.795. The number of hydrogen-bond acceptors (Lipinski definition) is 3. The highest BCUT2D eigenvalue weighted by Crippen LogP contribution is 2.21. The van der Waals surface area contributed by atoms with Crippen LogP contribution >= 0.6 is 0 Å². The number of para-hydroxylation sites is 1. The molecule has 0 aliphatic rings. The minimum atomic E-state index is 0.462. The van der Waals surface area contributed by atoms with Gasteiger partial charge in [0.2, 0.25) is 6.41 Å². The molecular weight excluding hydrogens is 204 g/mol. The molecule has 2 rings (SSSR count). The van der Waals surface area contributed by atoms with Crippen LogP contribution in [0.4, 0.5) is 5.82 Å². The molecule has 0 saturated carbocycles. The highest BCUT2D eigenvalue weighted by atomic mass is 16.5. The number of amides is 1. The van der Waals surface area contributed by atoms with Crippen LogP contribution in [0.5, 0.6) is 11.5 Å². The van der Waals surface area contributed by atoms with Gasteiger partial charge in [0.25, 0.3) is 0 Å². The van der Waals surface area contributed by atoms with Gasteiger partial charge in [-0.3, -0.25) is 4.79 Å². The number of aromatic nitrogens is 1. The largest absolute Gasteiger partial charge is 0.457 e. The van der Waals surface area contributed by atoms with Crippen LogP contribution in [0.3, 0.4) is 0 Å². The molecule has 0 aliphatic carbocycles. The molecule has 1 heterocycles. The average Bonchev–Trinajstić information content (AvgIpc) is 2.31. The first-order valence-electron chi connectivity index (χ1n) is 4.77. The lowest BCUT2D eigenvalue weighted by Gasteiger charge is -2.05. The van der Waals surface area contributed by atoms with E-state index >= 15 is 0 Å². The summed E-state index contributed by atoms with van der Waals surface area (Å²) in [7, 11) is 0. The highest BCUT2D eigenvalue weighted by Gasteiger charge is 1.98. The van der Waals surface area contributed by atoms with E-state index in [9.17, 15) is 4.79 Å². The summed E-state index contributed by atoms with van der Waals surface area (Å²) in [5, 5.41) is 2.46. The lowest BCUT2D eigenvalue weighted by molar-refractivity contribution is -0.105. The number of rotatable bonds is 4. The number of benzene rings is 1. The summed E-state index contributed by atoms with van der Waals surface area (Å²) in [6, 6.07) is 12.8. The molecule has 0 unspecified atom stereocenters. The standard InChI is InChI=1S/C12H10N2O2/c15-9-14-12-8-11(6-7-13-12)16-10-4-2-1-3-5-10/h1-9H,(H,13,14,15). The average molecular weight is 214 g/mol.